The molecule has 7 nitrogen and oxygen atoms in total. The van der Waals surface area contributed by atoms with Gasteiger partial charge in [-0.15, -0.1) is 0 Å². The average Bonchev–Trinajstić information content (AvgIpc) is 2.42. The number of anilines is 1. The third kappa shape index (κ3) is 4.03. The molecule has 0 aromatic heterocycles. The van der Waals surface area contributed by atoms with Gasteiger partial charge in [0, 0.05) is 18.2 Å². The van der Waals surface area contributed by atoms with Crippen LogP contribution in [0.15, 0.2) is 24.3 Å². The molecule has 4 amide bonds. The fourth-order valence-corrected chi connectivity index (χ4v) is 2.25. The molecule has 2 unspecified atom stereocenters. The van der Waals surface area contributed by atoms with Crippen molar-refractivity contribution in [3.05, 3.63) is 29.8 Å². The number of piperidine rings is 1. The van der Waals surface area contributed by atoms with Crippen LogP contribution in [0.2, 0.25) is 0 Å². The molecule has 0 spiro atoms. The third-order valence-corrected chi connectivity index (χ3v) is 3.37. The molecule has 0 radical (unpaired) electrons. The molecular weight excluding hydrogens is 272 g/mol. The van der Waals surface area contributed by atoms with E-state index in [9.17, 15) is 14.4 Å². The number of amides is 4. The molecule has 112 valence electrons. The monoisotopic (exact) mass is 290 g/mol. The summed E-state index contributed by atoms with van der Waals surface area (Å²) in [5, 5.41) is 7.99. The molecule has 21 heavy (non-hydrogen) atoms. The maximum atomic E-state index is 11.7. The van der Waals surface area contributed by atoms with Crippen LogP contribution in [0, 0.1) is 0 Å². The number of hydrogen-bond acceptors (Lipinski definition) is 4. The maximum absolute atomic E-state index is 11.7. The van der Waals surface area contributed by atoms with Crippen molar-refractivity contribution in [3.8, 4) is 0 Å². The average molecular weight is 290 g/mol. The van der Waals surface area contributed by atoms with Crippen LogP contribution in [0.3, 0.4) is 0 Å². The fraction of sp³-hybridized carbons (Fsp3) is 0.357. The van der Waals surface area contributed by atoms with Crippen molar-refractivity contribution in [1.82, 2.24) is 10.6 Å². The Morgan fingerprint density at radius 1 is 1.33 bits per heavy atom. The van der Waals surface area contributed by atoms with Crippen LogP contribution >= 0.6 is 0 Å². The lowest BCUT2D eigenvalue weighted by Gasteiger charge is -2.25. The van der Waals surface area contributed by atoms with Gasteiger partial charge in [-0.1, -0.05) is 12.1 Å². The second-order valence-corrected chi connectivity index (χ2v) is 5.00. The van der Waals surface area contributed by atoms with E-state index in [1.807, 2.05) is 19.1 Å². The number of nitrogens with one attached hydrogen (secondary N) is 3. The molecule has 5 N–H and O–H groups in total. The second kappa shape index (κ2) is 6.36. The summed E-state index contributed by atoms with van der Waals surface area (Å²) < 4.78 is 0. The molecular formula is C14H18N4O3. The van der Waals surface area contributed by atoms with Crippen molar-refractivity contribution in [1.29, 1.82) is 0 Å². The zero-order valence-electron chi connectivity index (χ0n) is 11.7. The summed E-state index contributed by atoms with van der Waals surface area (Å²) in [4.78, 5) is 33.5. The van der Waals surface area contributed by atoms with Gasteiger partial charge >= 0.3 is 6.03 Å². The summed E-state index contributed by atoms with van der Waals surface area (Å²) in [5.41, 5.74) is 6.62. The van der Waals surface area contributed by atoms with Crippen molar-refractivity contribution < 1.29 is 14.4 Å². The summed E-state index contributed by atoms with van der Waals surface area (Å²) in [7, 11) is 0. The van der Waals surface area contributed by atoms with E-state index in [0.29, 0.717) is 18.5 Å². The fourth-order valence-electron chi connectivity index (χ4n) is 2.25. The lowest BCUT2D eigenvalue weighted by Crippen LogP contribution is -2.51. The van der Waals surface area contributed by atoms with Crippen LogP contribution in [-0.2, 0) is 9.59 Å². The largest absolute Gasteiger partial charge is 0.351 e. The number of urea groups is 1. The van der Waals surface area contributed by atoms with Gasteiger partial charge in [-0.2, -0.15) is 0 Å². The number of benzene rings is 1. The molecule has 1 aromatic carbocycles. The quantitative estimate of drug-likeness (QED) is 0.609. The molecule has 1 heterocycles. The Morgan fingerprint density at radius 2 is 2.00 bits per heavy atom. The SMILES string of the molecule is CC(NC1CCC(=O)NC1=O)c1ccc(NC(N)=O)cc1. The van der Waals surface area contributed by atoms with Crippen LogP contribution in [0.25, 0.3) is 0 Å². The normalized spacial score (nSPS) is 19.8. The van der Waals surface area contributed by atoms with Crippen molar-refractivity contribution in [2.24, 2.45) is 5.73 Å². The number of carbonyl (C=O) groups is 3. The number of carbonyl (C=O) groups excluding carboxylic acids is 3. The molecule has 7 heteroatoms. The highest BCUT2D eigenvalue weighted by Crippen LogP contribution is 2.18. The summed E-state index contributed by atoms with van der Waals surface area (Å²) in [6.45, 7) is 1.93. The minimum atomic E-state index is -0.613. The molecule has 2 atom stereocenters. The topological polar surface area (TPSA) is 113 Å². The minimum Gasteiger partial charge on any atom is -0.351 e. The maximum Gasteiger partial charge on any atom is 0.316 e. The number of hydrogen-bond donors (Lipinski definition) is 4. The van der Waals surface area contributed by atoms with Crippen LogP contribution in [0.5, 0.6) is 0 Å². The molecule has 0 aliphatic carbocycles. The van der Waals surface area contributed by atoms with Crippen LogP contribution < -0.4 is 21.7 Å². The molecule has 0 bridgehead atoms. The molecule has 1 aromatic rings. The third-order valence-electron chi connectivity index (χ3n) is 3.37. The number of primary amides is 1. The molecule has 1 fully saturated rings. The summed E-state index contributed by atoms with van der Waals surface area (Å²) in [6.07, 6.45) is 0.841. The number of imide groups is 1. The van der Waals surface area contributed by atoms with Gasteiger partial charge in [0.05, 0.1) is 6.04 Å². The van der Waals surface area contributed by atoms with Gasteiger partial charge in [-0.25, -0.2) is 4.79 Å². The van der Waals surface area contributed by atoms with E-state index in [1.54, 1.807) is 12.1 Å². The molecule has 0 saturated carbocycles. The zero-order valence-corrected chi connectivity index (χ0v) is 11.7. The Bertz CT molecular complexity index is 556. The van der Waals surface area contributed by atoms with Gasteiger partial charge in [0.2, 0.25) is 11.8 Å². The van der Waals surface area contributed by atoms with Crippen molar-refractivity contribution in [2.75, 3.05) is 5.32 Å². The van der Waals surface area contributed by atoms with E-state index in [1.165, 1.54) is 0 Å². The van der Waals surface area contributed by atoms with E-state index in [-0.39, 0.29) is 23.9 Å². The molecule has 1 aliphatic heterocycles. The van der Waals surface area contributed by atoms with Crippen LogP contribution in [0.1, 0.15) is 31.4 Å². The lowest BCUT2D eigenvalue weighted by atomic mass is 10.0. The predicted molar refractivity (Wildman–Crippen MR) is 77.4 cm³/mol. The van der Waals surface area contributed by atoms with E-state index in [2.05, 4.69) is 16.0 Å². The molecule has 2 rings (SSSR count). The first-order valence-corrected chi connectivity index (χ1v) is 6.72. The number of rotatable bonds is 4. The Kier molecular flexibility index (Phi) is 4.54. The lowest BCUT2D eigenvalue weighted by molar-refractivity contribution is -0.134. The van der Waals surface area contributed by atoms with Gasteiger partial charge in [0.1, 0.15) is 0 Å². The summed E-state index contributed by atoms with van der Waals surface area (Å²) >= 11 is 0. The van der Waals surface area contributed by atoms with Crippen molar-refractivity contribution >= 4 is 23.5 Å². The van der Waals surface area contributed by atoms with Gasteiger partial charge in [0.25, 0.3) is 0 Å². The standard InChI is InChI=1S/C14H18N4O3/c1-8(16-11-6-7-12(19)18-13(11)20)9-2-4-10(5-3-9)17-14(15)21/h2-5,8,11,16H,6-7H2,1H3,(H3,15,17,21)(H,18,19,20). The predicted octanol–water partition coefficient (Wildman–Crippen LogP) is 0.633. The van der Waals surface area contributed by atoms with E-state index in [4.69, 9.17) is 5.73 Å². The highest BCUT2D eigenvalue weighted by molar-refractivity contribution is 6.00. The molecule has 1 saturated heterocycles. The highest BCUT2D eigenvalue weighted by atomic mass is 16.2. The van der Waals surface area contributed by atoms with Crippen LogP contribution in [-0.4, -0.2) is 23.9 Å². The van der Waals surface area contributed by atoms with Gasteiger partial charge in [-0.05, 0) is 31.0 Å². The van der Waals surface area contributed by atoms with Crippen molar-refractivity contribution in [2.45, 2.75) is 31.8 Å². The van der Waals surface area contributed by atoms with Gasteiger partial charge in [-0.3, -0.25) is 20.2 Å². The van der Waals surface area contributed by atoms with Crippen LogP contribution in [0.4, 0.5) is 10.5 Å². The van der Waals surface area contributed by atoms with E-state index < -0.39 is 6.03 Å². The Labute approximate surface area is 122 Å². The van der Waals surface area contributed by atoms with Gasteiger partial charge < -0.3 is 11.1 Å². The smallest absolute Gasteiger partial charge is 0.316 e. The molecule has 1 aliphatic rings. The van der Waals surface area contributed by atoms with Crippen molar-refractivity contribution in [3.63, 3.8) is 0 Å². The first-order chi connectivity index (χ1) is 9.95. The second-order valence-electron chi connectivity index (χ2n) is 5.00. The Hall–Kier alpha value is -2.41. The van der Waals surface area contributed by atoms with Gasteiger partial charge in [0.15, 0.2) is 0 Å². The first-order valence-electron chi connectivity index (χ1n) is 6.72. The Balaban J connectivity index is 1.96. The Morgan fingerprint density at radius 3 is 2.57 bits per heavy atom. The van der Waals surface area contributed by atoms with E-state index >= 15 is 0 Å². The first kappa shape index (κ1) is 15.0. The summed E-state index contributed by atoms with van der Waals surface area (Å²) in [5.74, 6) is -0.516. The minimum absolute atomic E-state index is 0.0587. The number of nitrogens with two attached hydrogens (primary N) is 1. The van der Waals surface area contributed by atoms with E-state index in [0.717, 1.165) is 5.56 Å². The zero-order chi connectivity index (χ0) is 15.4. The highest BCUT2D eigenvalue weighted by Gasteiger charge is 2.27. The summed E-state index contributed by atoms with van der Waals surface area (Å²) in [6, 6.07) is 6.12.